The quantitative estimate of drug-likeness (QED) is 0.334. The van der Waals surface area contributed by atoms with E-state index in [9.17, 15) is 27.7 Å². The van der Waals surface area contributed by atoms with Crippen LogP contribution >= 0.6 is 0 Å². The van der Waals surface area contributed by atoms with Crippen LogP contribution in [0.4, 0.5) is 15.8 Å². The van der Waals surface area contributed by atoms with E-state index in [-0.39, 0.29) is 17.8 Å². The third-order valence-corrected chi connectivity index (χ3v) is 5.95. The van der Waals surface area contributed by atoms with Crippen LogP contribution < -0.4 is 15.6 Å². The van der Waals surface area contributed by atoms with E-state index in [0.29, 0.717) is 5.56 Å². The maximum atomic E-state index is 14.1. The Morgan fingerprint density at radius 2 is 1.59 bits per heavy atom. The highest BCUT2D eigenvalue weighted by molar-refractivity contribution is 7.89. The second kappa shape index (κ2) is 9.98. The van der Waals surface area contributed by atoms with Crippen LogP contribution in [0.2, 0.25) is 0 Å². The van der Waals surface area contributed by atoms with Gasteiger partial charge in [-0.25, -0.2) is 12.8 Å². The summed E-state index contributed by atoms with van der Waals surface area (Å²) in [6.45, 7) is 0. The molecule has 0 aliphatic rings. The highest BCUT2D eigenvalue weighted by Crippen LogP contribution is 2.22. The van der Waals surface area contributed by atoms with Crippen LogP contribution in [-0.4, -0.2) is 25.3 Å². The minimum absolute atomic E-state index is 0.0151. The normalized spacial score (nSPS) is 12.0. The molecule has 3 rings (SSSR count). The van der Waals surface area contributed by atoms with Gasteiger partial charge in [0.1, 0.15) is 22.4 Å². The molecule has 11 heteroatoms. The first-order valence-corrected chi connectivity index (χ1v) is 10.9. The summed E-state index contributed by atoms with van der Waals surface area (Å²) in [7, 11) is -4.38. The summed E-state index contributed by atoms with van der Waals surface area (Å²) in [5.74, 6) is -1.77. The summed E-state index contributed by atoms with van der Waals surface area (Å²) < 4.78 is 41.7. The average Bonchev–Trinajstić information content (AvgIpc) is 2.78. The number of nitro benzene ring substituents is 1. The third kappa shape index (κ3) is 5.65. The number of hydrazine groups is 1. The molecule has 3 aromatic carbocycles. The third-order valence-electron chi connectivity index (χ3n) is 4.44. The van der Waals surface area contributed by atoms with Crippen molar-refractivity contribution in [1.82, 2.24) is 10.1 Å². The van der Waals surface area contributed by atoms with E-state index in [2.05, 4.69) is 15.6 Å². The van der Waals surface area contributed by atoms with Crippen LogP contribution in [-0.2, 0) is 21.2 Å². The summed E-state index contributed by atoms with van der Waals surface area (Å²) in [6.07, 6.45) is -0.0427. The Hall–Kier alpha value is -3.83. The van der Waals surface area contributed by atoms with Crippen molar-refractivity contribution in [2.24, 2.45) is 0 Å². The number of carbonyl (C=O) groups excluding carboxylic acids is 1. The van der Waals surface area contributed by atoms with Gasteiger partial charge in [0.2, 0.25) is 10.0 Å². The first kappa shape index (κ1) is 22.8. The molecule has 3 aromatic rings. The van der Waals surface area contributed by atoms with E-state index in [0.717, 1.165) is 12.1 Å². The number of nitrogens with zero attached hydrogens (tertiary/aromatic N) is 1. The zero-order chi connectivity index (χ0) is 23.1. The lowest BCUT2D eigenvalue weighted by molar-refractivity contribution is -0.384. The van der Waals surface area contributed by atoms with Gasteiger partial charge < -0.3 is 0 Å². The van der Waals surface area contributed by atoms with Crippen molar-refractivity contribution < 1.29 is 22.5 Å². The van der Waals surface area contributed by atoms with Crippen LogP contribution in [0, 0.1) is 15.9 Å². The number of hydrogen-bond acceptors (Lipinski definition) is 6. The van der Waals surface area contributed by atoms with Gasteiger partial charge in [0, 0.05) is 6.07 Å². The molecular weight excluding hydrogens is 439 g/mol. The van der Waals surface area contributed by atoms with Gasteiger partial charge >= 0.3 is 0 Å². The first-order chi connectivity index (χ1) is 15.3. The predicted molar refractivity (Wildman–Crippen MR) is 116 cm³/mol. The molecule has 0 aromatic heterocycles. The lowest BCUT2D eigenvalue weighted by Gasteiger charge is -2.19. The molecule has 0 aliphatic heterocycles. The molecule has 0 heterocycles. The van der Waals surface area contributed by atoms with E-state index in [1.165, 1.54) is 36.4 Å². The fourth-order valence-corrected chi connectivity index (χ4v) is 4.18. The molecule has 166 valence electrons. The van der Waals surface area contributed by atoms with E-state index in [1.54, 1.807) is 30.3 Å². The lowest BCUT2D eigenvalue weighted by Crippen LogP contribution is -2.49. The number of rotatable bonds is 9. The average molecular weight is 458 g/mol. The SMILES string of the molecule is O=C(NNc1ccccc1[N+](=O)[O-])C(Cc1ccccc1)NS(=O)(=O)c1ccccc1F. The van der Waals surface area contributed by atoms with Gasteiger partial charge in [-0.05, 0) is 30.2 Å². The fraction of sp³-hybridized carbons (Fsp3) is 0.0952. The minimum atomic E-state index is -4.38. The number of benzene rings is 3. The number of halogens is 1. The van der Waals surface area contributed by atoms with Gasteiger partial charge in [0.15, 0.2) is 0 Å². The molecule has 32 heavy (non-hydrogen) atoms. The topological polar surface area (TPSA) is 130 Å². The van der Waals surface area contributed by atoms with Crippen LogP contribution in [0.15, 0.2) is 83.8 Å². The first-order valence-electron chi connectivity index (χ1n) is 9.38. The smallest absolute Gasteiger partial charge is 0.292 e. The number of para-hydroxylation sites is 2. The number of anilines is 1. The summed E-state index contributed by atoms with van der Waals surface area (Å²) in [6, 6.07) is 17.7. The highest BCUT2D eigenvalue weighted by atomic mass is 32.2. The van der Waals surface area contributed by atoms with Crippen LogP contribution in [0.1, 0.15) is 5.56 Å². The summed E-state index contributed by atoms with van der Waals surface area (Å²) >= 11 is 0. The van der Waals surface area contributed by atoms with Gasteiger partial charge in [-0.1, -0.05) is 54.6 Å². The van der Waals surface area contributed by atoms with E-state index >= 15 is 0 Å². The molecule has 1 amide bonds. The second-order valence-electron chi connectivity index (χ2n) is 6.68. The molecule has 0 aliphatic carbocycles. The van der Waals surface area contributed by atoms with Crippen LogP contribution in [0.3, 0.4) is 0 Å². The van der Waals surface area contributed by atoms with Gasteiger partial charge in [0.05, 0.1) is 4.92 Å². The number of amides is 1. The molecular formula is C21H19FN4O5S. The molecule has 9 nitrogen and oxygen atoms in total. The van der Waals surface area contributed by atoms with Crippen LogP contribution in [0.25, 0.3) is 0 Å². The Morgan fingerprint density at radius 3 is 2.28 bits per heavy atom. The maximum Gasteiger partial charge on any atom is 0.294 e. The largest absolute Gasteiger partial charge is 0.294 e. The van der Waals surface area contributed by atoms with Gasteiger partial charge in [-0.2, -0.15) is 4.72 Å². The fourth-order valence-electron chi connectivity index (χ4n) is 2.91. The molecule has 1 unspecified atom stereocenters. The molecule has 0 radical (unpaired) electrons. The van der Waals surface area contributed by atoms with Crippen molar-refractivity contribution in [3.63, 3.8) is 0 Å². The predicted octanol–water partition coefficient (Wildman–Crippen LogP) is 2.77. The van der Waals surface area contributed by atoms with Crippen molar-refractivity contribution in [2.75, 3.05) is 5.43 Å². The van der Waals surface area contributed by atoms with E-state index in [1.807, 2.05) is 0 Å². The number of hydrogen-bond donors (Lipinski definition) is 3. The Kier molecular flexibility index (Phi) is 7.13. The Morgan fingerprint density at radius 1 is 0.969 bits per heavy atom. The zero-order valence-electron chi connectivity index (χ0n) is 16.6. The number of nitro groups is 1. The molecule has 3 N–H and O–H groups in total. The molecule has 0 bridgehead atoms. The standard InChI is InChI=1S/C21H19FN4O5S/c22-16-10-4-7-13-20(16)32(30,31)25-18(14-15-8-2-1-3-9-15)21(27)24-23-17-11-5-6-12-19(17)26(28)29/h1-13,18,23,25H,14H2,(H,24,27). The second-order valence-corrected chi connectivity index (χ2v) is 8.36. The Balaban J connectivity index is 1.83. The Bertz CT molecular complexity index is 1220. The molecule has 0 saturated carbocycles. The lowest BCUT2D eigenvalue weighted by atomic mass is 10.1. The zero-order valence-corrected chi connectivity index (χ0v) is 17.4. The van der Waals surface area contributed by atoms with Gasteiger partial charge in [-0.3, -0.25) is 25.8 Å². The van der Waals surface area contributed by atoms with Crippen molar-refractivity contribution >= 4 is 27.3 Å². The van der Waals surface area contributed by atoms with E-state index in [4.69, 9.17) is 0 Å². The molecule has 0 fully saturated rings. The van der Waals surface area contributed by atoms with Crippen molar-refractivity contribution in [1.29, 1.82) is 0 Å². The number of sulfonamides is 1. The maximum absolute atomic E-state index is 14.1. The van der Waals surface area contributed by atoms with Crippen molar-refractivity contribution in [2.45, 2.75) is 17.4 Å². The Labute approximate surface area is 183 Å². The summed E-state index contributed by atoms with van der Waals surface area (Å²) in [5.41, 5.74) is 5.12. The minimum Gasteiger partial charge on any atom is -0.292 e. The number of carbonyl (C=O) groups is 1. The molecule has 0 spiro atoms. The summed E-state index contributed by atoms with van der Waals surface area (Å²) in [4.78, 5) is 22.7. The summed E-state index contributed by atoms with van der Waals surface area (Å²) in [5, 5.41) is 11.1. The monoisotopic (exact) mass is 458 g/mol. The molecule has 1 atom stereocenters. The van der Waals surface area contributed by atoms with Gasteiger partial charge in [-0.15, -0.1) is 0 Å². The van der Waals surface area contributed by atoms with Crippen LogP contribution in [0.5, 0.6) is 0 Å². The van der Waals surface area contributed by atoms with Gasteiger partial charge in [0.25, 0.3) is 11.6 Å². The van der Waals surface area contributed by atoms with Crippen molar-refractivity contribution in [3.8, 4) is 0 Å². The van der Waals surface area contributed by atoms with E-state index < -0.39 is 37.6 Å². The highest BCUT2D eigenvalue weighted by Gasteiger charge is 2.28. The molecule has 0 saturated heterocycles. The van der Waals surface area contributed by atoms with Crippen molar-refractivity contribution in [3.05, 3.63) is 100 Å². The number of nitrogens with one attached hydrogen (secondary N) is 3.